The molecule has 1 saturated heterocycles. The lowest BCUT2D eigenvalue weighted by Crippen LogP contribution is -2.19. The zero-order chi connectivity index (χ0) is 24.8. The standard InChI is InChI=1S/C25H34N6O4/c1-4-5-13-33-23-28-21(26)20-22(29-23)31(24(27-20)35-25(32)34-17(2)3)16-19-10-8-9-18(14-19)15-30-11-6-7-12-30/h8-10,14,17H,4-7,11-13,15-16H2,1-3H3,(H2,26,28,29). The van der Waals surface area contributed by atoms with Crippen molar-refractivity contribution in [3.63, 3.8) is 0 Å². The Morgan fingerprint density at radius 1 is 1.11 bits per heavy atom. The molecule has 35 heavy (non-hydrogen) atoms. The molecule has 4 rings (SSSR count). The molecule has 3 aromatic rings. The normalized spacial score (nSPS) is 14.1. The molecule has 0 bridgehead atoms. The summed E-state index contributed by atoms with van der Waals surface area (Å²) in [7, 11) is 0. The molecule has 0 atom stereocenters. The number of carbonyl (C=O) groups excluding carboxylic acids is 1. The predicted molar refractivity (Wildman–Crippen MR) is 132 cm³/mol. The average Bonchev–Trinajstić information content (AvgIpc) is 3.43. The fraction of sp³-hybridized carbons (Fsp3) is 0.520. The Balaban J connectivity index is 1.67. The Morgan fingerprint density at radius 3 is 2.57 bits per heavy atom. The van der Waals surface area contributed by atoms with Crippen molar-refractivity contribution in [3.05, 3.63) is 35.4 Å². The Kier molecular flexibility index (Phi) is 8.02. The number of nitrogens with two attached hydrogens (primary N) is 1. The van der Waals surface area contributed by atoms with Crippen LogP contribution in [0.25, 0.3) is 11.2 Å². The number of carbonyl (C=O) groups is 1. The quantitative estimate of drug-likeness (QED) is 0.336. The van der Waals surface area contributed by atoms with E-state index in [1.165, 1.54) is 18.4 Å². The van der Waals surface area contributed by atoms with Crippen molar-refractivity contribution in [2.24, 2.45) is 0 Å². The van der Waals surface area contributed by atoms with E-state index in [9.17, 15) is 4.79 Å². The number of unbranched alkanes of at least 4 members (excludes halogenated alkanes) is 1. The van der Waals surface area contributed by atoms with E-state index >= 15 is 0 Å². The largest absolute Gasteiger partial charge is 0.516 e. The first-order valence-corrected chi connectivity index (χ1v) is 12.3. The summed E-state index contributed by atoms with van der Waals surface area (Å²) < 4.78 is 18.0. The molecule has 10 nitrogen and oxygen atoms in total. The van der Waals surface area contributed by atoms with Gasteiger partial charge in [-0.25, -0.2) is 4.79 Å². The van der Waals surface area contributed by atoms with E-state index in [0.717, 1.165) is 38.0 Å². The Labute approximate surface area is 205 Å². The predicted octanol–water partition coefficient (Wildman–Crippen LogP) is 4.16. The monoisotopic (exact) mass is 482 g/mol. The fourth-order valence-electron chi connectivity index (χ4n) is 4.07. The maximum atomic E-state index is 12.3. The molecule has 1 aliphatic heterocycles. The third-order valence-electron chi connectivity index (χ3n) is 5.74. The van der Waals surface area contributed by atoms with Crippen LogP contribution in [0.15, 0.2) is 24.3 Å². The van der Waals surface area contributed by atoms with Gasteiger partial charge in [0.25, 0.3) is 0 Å². The van der Waals surface area contributed by atoms with Crippen LogP contribution in [0.4, 0.5) is 10.6 Å². The van der Waals surface area contributed by atoms with Gasteiger partial charge in [-0.2, -0.15) is 15.0 Å². The van der Waals surface area contributed by atoms with E-state index in [2.05, 4.69) is 38.9 Å². The SMILES string of the molecule is CCCCOc1nc(N)c2nc(OC(=O)OC(C)C)n(Cc3cccc(CN4CCCC4)c3)c2n1. The molecule has 0 saturated carbocycles. The first kappa shape index (κ1) is 24.7. The van der Waals surface area contributed by atoms with Gasteiger partial charge in [0.15, 0.2) is 17.0 Å². The summed E-state index contributed by atoms with van der Waals surface area (Å²) in [6, 6.07) is 8.56. The first-order chi connectivity index (χ1) is 16.9. The van der Waals surface area contributed by atoms with Crippen LogP contribution in [0.2, 0.25) is 0 Å². The van der Waals surface area contributed by atoms with Crippen molar-refractivity contribution in [1.82, 2.24) is 24.4 Å². The van der Waals surface area contributed by atoms with Crippen LogP contribution in [0.5, 0.6) is 12.0 Å². The second-order valence-electron chi connectivity index (χ2n) is 9.07. The molecule has 188 valence electrons. The zero-order valence-electron chi connectivity index (χ0n) is 20.7. The number of fused-ring (bicyclic) bond motifs is 1. The molecule has 1 aliphatic rings. The molecular formula is C25H34N6O4. The van der Waals surface area contributed by atoms with E-state index in [1.807, 2.05) is 12.1 Å². The molecule has 1 aromatic carbocycles. The summed E-state index contributed by atoms with van der Waals surface area (Å²) in [6.45, 7) is 9.60. The minimum absolute atomic E-state index is 0.0438. The van der Waals surface area contributed by atoms with E-state index in [0.29, 0.717) is 24.3 Å². The lowest BCUT2D eigenvalue weighted by atomic mass is 10.1. The van der Waals surface area contributed by atoms with E-state index in [4.69, 9.17) is 19.9 Å². The van der Waals surface area contributed by atoms with Gasteiger partial charge in [-0.1, -0.05) is 37.6 Å². The third-order valence-corrected chi connectivity index (χ3v) is 5.74. The second kappa shape index (κ2) is 11.4. The zero-order valence-corrected chi connectivity index (χ0v) is 20.7. The summed E-state index contributed by atoms with van der Waals surface area (Å²) >= 11 is 0. The van der Waals surface area contributed by atoms with Crippen LogP contribution >= 0.6 is 0 Å². The van der Waals surface area contributed by atoms with Crippen molar-refractivity contribution >= 4 is 23.1 Å². The summed E-state index contributed by atoms with van der Waals surface area (Å²) in [5.41, 5.74) is 9.20. The van der Waals surface area contributed by atoms with Crippen LogP contribution in [-0.2, 0) is 17.8 Å². The molecular weight excluding hydrogens is 448 g/mol. The van der Waals surface area contributed by atoms with Gasteiger partial charge in [0.2, 0.25) is 0 Å². The van der Waals surface area contributed by atoms with Gasteiger partial charge in [0, 0.05) is 6.54 Å². The highest BCUT2D eigenvalue weighted by Gasteiger charge is 2.22. The molecule has 3 heterocycles. The Morgan fingerprint density at radius 2 is 1.86 bits per heavy atom. The highest BCUT2D eigenvalue weighted by molar-refractivity contribution is 5.83. The van der Waals surface area contributed by atoms with E-state index in [1.54, 1.807) is 18.4 Å². The van der Waals surface area contributed by atoms with Crippen LogP contribution in [0.1, 0.15) is 57.6 Å². The molecule has 10 heteroatoms. The molecule has 2 aromatic heterocycles. The van der Waals surface area contributed by atoms with Gasteiger partial charge >= 0.3 is 18.2 Å². The van der Waals surface area contributed by atoms with Crippen molar-refractivity contribution in [3.8, 4) is 12.0 Å². The number of aromatic nitrogens is 4. The number of likely N-dealkylation sites (tertiary alicyclic amines) is 1. The number of rotatable bonds is 10. The number of imidazole rings is 1. The molecule has 0 amide bonds. The Hall–Kier alpha value is -3.40. The maximum Gasteiger partial charge on any atom is 0.516 e. The van der Waals surface area contributed by atoms with Crippen LogP contribution in [0, 0.1) is 0 Å². The number of ether oxygens (including phenoxy) is 3. The topological polar surface area (TPSA) is 118 Å². The fourth-order valence-corrected chi connectivity index (χ4v) is 4.07. The minimum atomic E-state index is -0.842. The molecule has 0 radical (unpaired) electrons. The minimum Gasteiger partial charge on any atom is -0.463 e. The van der Waals surface area contributed by atoms with Crippen molar-refractivity contribution in [2.75, 3.05) is 25.4 Å². The smallest absolute Gasteiger partial charge is 0.463 e. The second-order valence-corrected chi connectivity index (χ2v) is 9.07. The van der Waals surface area contributed by atoms with Crippen molar-refractivity contribution in [2.45, 2.75) is 65.6 Å². The van der Waals surface area contributed by atoms with Gasteiger partial charge in [0.05, 0.1) is 19.3 Å². The van der Waals surface area contributed by atoms with Crippen molar-refractivity contribution < 1.29 is 19.0 Å². The Bertz CT molecular complexity index is 1160. The highest BCUT2D eigenvalue weighted by Crippen LogP contribution is 2.27. The van der Waals surface area contributed by atoms with Gasteiger partial charge in [-0.3, -0.25) is 9.47 Å². The third kappa shape index (κ3) is 6.39. The van der Waals surface area contributed by atoms with Gasteiger partial charge in [0.1, 0.15) is 0 Å². The van der Waals surface area contributed by atoms with E-state index in [-0.39, 0.29) is 23.9 Å². The molecule has 0 aliphatic carbocycles. The number of nitrogens with zero attached hydrogens (tertiary/aromatic N) is 5. The first-order valence-electron chi connectivity index (χ1n) is 12.3. The summed E-state index contributed by atoms with van der Waals surface area (Å²) in [5, 5.41) is 0. The summed E-state index contributed by atoms with van der Waals surface area (Å²) in [4.78, 5) is 27.9. The molecule has 0 unspecified atom stereocenters. The van der Waals surface area contributed by atoms with Gasteiger partial charge < -0.3 is 19.9 Å². The van der Waals surface area contributed by atoms with E-state index < -0.39 is 6.16 Å². The number of anilines is 1. The number of hydrogen-bond donors (Lipinski definition) is 1. The number of nitrogen functional groups attached to an aromatic ring is 1. The molecule has 2 N–H and O–H groups in total. The summed E-state index contributed by atoms with van der Waals surface area (Å²) in [5.74, 6) is 0.158. The molecule has 0 spiro atoms. The number of hydrogen-bond acceptors (Lipinski definition) is 9. The summed E-state index contributed by atoms with van der Waals surface area (Å²) in [6.07, 6.45) is 3.19. The molecule has 1 fully saturated rings. The highest BCUT2D eigenvalue weighted by atomic mass is 16.7. The lowest BCUT2D eigenvalue weighted by molar-refractivity contribution is 0.0691. The van der Waals surface area contributed by atoms with Crippen LogP contribution < -0.4 is 15.2 Å². The average molecular weight is 483 g/mol. The van der Waals surface area contributed by atoms with Crippen LogP contribution in [-0.4, -0.2) is 56.4 Å². The van der Waals surface area contributed by atoms with Gasteiger partial charge in [-0.15, -0.1) is 0 Å². The van der Waals surface area contributed by atoms with Crippen LogP contribution in [0.3, 0.4) is 0 Å². The lowest BCUT2D eigenvalue weighted by Gasteiger charge is -2.15. The van der Waals surface area contributed by atoms with Crippen molar-refractivity contribution in [1.29, 1.82) is 0 Å². The van der Waals surface area contributed by atoms with Gasteiger partial charge in [-0.05, 0) is 57.3 Å². The maximum absolute atomic E-state index is 12.3. The number of benzene rings is 1.